The molecule has 0 saturated carbocycles. The lowest BCUT2D eigenvalue weighted by atomic mass is 10.0. The fourth-order valence-corrected chi connectivity index (χ4v) is 3.62. The van der Waals surface area contributed by atoms with Gasteiger partial charge in [-0.05, 0) is 18.1 Å². The van der Waals surface area contributed by atoms with E-state index in [4.69, 9.17) is 5.73 Å². The number of nitrogens with zero attached hydrogens (tertiary/aromatic N) is 3. The van der Waals surface area contributed by atoms with E-state index >= 15 is 0 Å². The van der Waals surface area contributed by atoms with E-state index in [2.05, 4.69) is 9.73 Å². The summed E-state index contributed by atoms with van der Waals surface area (Å²) in [5, 5.41) is 0. The van der Waals surface area contributed by atoms with Gasteiger partial charge in [-0.25, -0.2) is 18.0 Å². The van der Waals surface area contributed by atoms with E-state index in [1.807, 2.05) is 0 Å². The molecule has 0 radical (unpaired) electrons. The van der Waals surface area contributed by atoms with E-state index in [0.717, 1.165) is 11.7 Å². The third-order valence-corrected chi connectivity index (χ3v) is 5.15. The van der Waals surface area contributed by atoms with Crippen molar-refractivity contribution in [3.05, 3.63) is 35.1 Å². The second kappa shape index (κ2) is 8.88. The zero-order valence-electron chi connectivity index (χ0n) is 16.8. The molecule has 174 valence electrons. The molecule has 2 aliphatic heterocycles. The van der Waals surface area contributed by atoms with E-state index in [0.29, 0.717) is 12.1 Å². The lowest BCUT2D eigenvalue weighted by Crippen LogP contribution is -2.52. The number of amides is 1. The van der Waals surface area contributed by atoms with Crippen LogP contribution in [-0.2, 0) is 20.7 Å². The van der Waals surface area contributed by atoms with Crippen molar-refractivity contribution in [2.75, 3.05) is 26.7 Å². The average molecular weight is 465 g/mol. The number of carbonyl (C=O) groups is 2. The van der Waals surface area contributed by atoms with E-state index in [1.165, 1.54) is 4.90 Å². The number of nitrogens with two attached hydrogens (primary N) is 1. The number of hydrogen-bond donors (Lipinski definition) is 1. The minimum absolute atomic E-state index is 0.0921. The zero-order chi connectivity index (χ0) is 23.8. The van der Waals surface area contributed by atoms with Gasteiger partial charge in [0.05, 0.1) is 13.7 Å². The number of ether oxygens (including phenoxy) is 1. The fourth-order valence-electron chi connectivity index (χ4n) is 3.62. The van der Waals surface area contributed by atoms with Crippen molar-refractivity contribution in [1.82, 2.24) is 4.90 Å². The quantitative estimate of drug-likeness (QED) is 0.306. The first kappa shape index (κ1) is 23.7. The first-order valence-corrected chi connectivity index (χ1v) is 9.44. The Balaban J connectivity index is 1.71. The van der Waals surface area contributed by atoms with Crippen LogP contribution in [0.4, 0.5) is 26.3 Å². The summed E-state index contributed by atoms with van der Waals surface area (Å²) in [4.78, 5) is 29.2. The zero-order valence-corrected chi connectivity index (χ0v) is 16.8. The van der Waals surface area contributed by atoms with Crippen LogP contribution in [0.2, 0.25) is 0 Å². The summed E-state index contributed by atoms with van der Waals surface area (Å²) in [5.74, 6) is -5.26. The molecule has 2 aliphatic rings. The van der Waals surface area contributed by atoms with Crippen LogP contribution in [0.3, 0.4) is 0 Å². The molecule has 1 amide bonds. The Morgan fingerprint density at radius 3 is 2.53 bits per heavy atom. The van der Waals surface area contributed by atoms with Crippen molar-refractivity contribution in [1.29, 1.82) is 0 Å². The topological polar surface area (TPSA) is 88.0 Å². The van der Waals surface area contributed by atoms with Crippen LogP contribution in [-0.4, -0.2) is 77.9 Å². The second-order valence-corrected chi connectivity index (χ2v) is 7.37. The summed E-state index contributed by atoms with van der Waals surface area (Å²) in [6.45, 7) is -0.654. The van der Waals surface area contributed by atoms with Crippen LogP contribution >= 0.6 is 0 Å². The number of alkyl halides is 3. The molecule has 1 aromatic carbocycles. The van der Waals surface area contributed by atoms with Gasteiger partial charge in [-0.2, -0.15) is 22.7 Å². The van der Waals surface area contributed by atoms with Gasteiger partial charge in [0.15, 0.2) is 18.2 Å². The number of aliphatic imine (C=N–C) groups is 1. The molecule has 1 unspecified atom stereocenters. The van der Waals surface area contributed by atoms with Gasteiger partial charge >= 0.3 is 18.3 Å². The summed E-state index contributed by atoms with van der Waals surface area (Å²) < 4.78 is 85.5. The van der Waals surface area contributed by atoms with Crippen molar-refractivity contribution in [3.63, 3.8) is 0 Å². The molecule has 3 rings (SSSR count). The molecule has 2 atom stereocenters. The highest BCUT2D eigenvalue weighted by Crippen LogP contribution is 2.28. The first-order valence-electron chi connectivity index (χ1n) is 9.44. The molecule has 0 bridgehead atoms. The van der Waals surface area contributed by atoms with E-state index in [9.17, 15) is 35.9 Å². The van der Waals surface area contributed by atoms with Gasteiger partial charge in [0.2, 0.25) is 17.3 Å². The largest absolute Gasteiger partial charge is 0.475 e. The number of esters is 1. The Morgan fingerprint density at radius 2 is 1.91 bits per heavy atom. The van der Waals surface area contributed by atoms with Crippen LogP contribution < -0.4 is 5.73 Å². The molecule has 1 aromatic rings. The van der Waals surface area contributed by atoms with Crippen molar-refractivity contribution in [2.45, 2.75) is 31.2 Å². The number of rotatable bonds is 5. The molecule has 32 heavy (non-hydrogen) atoms. The highest BCUT2D eigenvalue weighted by Gasteiger charge is 2.56. The van der Waals surface area contributed by atoms with Gasteiger partial charge < -0.3 is 15.4 Å². The van der Waals surface area contributed by atoms with Crippen LogP contribution in [0.25, 0.3) is 0 Å². The summed E-state index contributed by atoms with van der Waals surface area (Å²) >= 11 is 0. The maximum Gasteiger partial charge on any atom is 0.475 e. The summed E-state index contributed by atoms with van der Waals surface area (Å²) in [5.41, 5.74) is 5.03. The number of benzene rings is 1. The monoisotopic (exact) mass is 465 g/mol. The molecule has 2 N–H and O–H groups in total. The maximum atomic E-state index is 13.8. The van der Waals surface area contributed by atoms with Gasteiger partial charge in [-0.15, -0.1) is 0 Å². The standard InChI is InChI=1S/C19H19F6N4O3/c1-32-17(31)16-14-8-28(2-3-29(14)18(27-16)19(23,24)25)15(30)6-10(26)4-9-5-12(21)13(22)7-11(9)20/h5,7,10,18H,2-4,6,8,26H2,1H3/q+1/t10-,18?/m1/s1. The number of methoxy groups -OCH3 is 1. The summed E-state index contributed by atoms with van der Waals surface area (Å²) in [6, 6.07) is 0.0588. The molecular formula is C19H19F6N4O3+. The lowest BCUT2D eigenvalue weighted by Gasteiger charge is -2.27. The van der Waals surface area contributed by atoms with Crippen molar-refractivity contribution in [3.8, 4) is 0 Å². The molecule has 0 aliphatic carbocycles. The van der Waals surface area contributed by atoms with Crippen molar-refractivity contribution in [2.24, 2.45) is 10.7 Å². The molecule has 7 nitrogen and oxygen atoms in total. The predicted molar refractivity (Wildman–Crippen MR) is 98.6 cm³/mol. The maximum absolute atomic E-state index is 13.8. The Bertz CT molecular complexity index is 1010. The lowest BCUT2D eigenvalue weighted by molar-refractivity contribution is -0.597. The third kappa shape index (κ3) is 4.76. The molecule has 0 aromatic heterocycles. The minimum atomic E-state index is -4.73. The highest BCUT2D eigenvalue weighted by atomic mass is 19.4. The van der Waals surface area contributed by atoms with E-state index in [1.54, 1.807) is 0 Å². The number of halogens is 6. The Kier molecular flexibility index (Phi) is 6.58. The van der Waals surface area contributed by atoms with Crippen molar-refractivity contribution < 1.29 is 45.2 Å². The van der Waals surface area contributed by atoms with Crippen LogP contribution in [0.1, 0.15) is 12.0 Å². The van der Waals surface area contributed by atoms with Crippen LogP contribution in [0.15, 0.2) is 17.1 Å². The second-order valence-electron chi connectivity index (χ2n) is 7.37. The molecule has 0 saturated heterocycles. The minimum Gasteiger partial charge on any atom is -0.464 e. The third-order valence-electron chi connectivity index (χ3n) is 5.15. The van der Waals surface area contributed by atoms with E-state index < -0.39 is 53.4 Å². The molecule has 2 heterocycles. The number of hydrogen-bond acceptors (Lipinski definition) is 5. The van der Waals surface area contributed by atoms with Gasteiger partial charge in [0.25, 0.3) is 0 Å². The molecular weight excluding hydrogens is 446 g/mol. The van der Waals surface area contributed by atoms with Crippen molar-refractivity contribution >= 4 is 23.3 Å². The van der Waals surface area contributed by atoms with Gasteiger partial charge in [-0.1, -0.05) is 0 Å². The molecule has 0 spiro atoms. The van der Waals surface area contributed by atoms with Gasteiger partial charge in [-0.3, -0.25) is 4.79 Å². The van der Waals surface area contributed by atoms with Crippen LogP contribution in [0, 0.1) is 17.5 Å². The Morgan fingerprint density at radius 1 is 1.25 bits per heavy atom. The Hall–Kier alpha value is -2.96. The summed E-state index contributed by atoms with van der Waals surface area (Å²) in [6.07, 6.45) is -7.58. The van der Waals surface area contributed by atoms with Crippen LogP contribution in [0.5, 0.6) is 0 Å². The normalized spacial score (nSPS) is 19.6. The molecule has 0 fully saturated rings. The fraction of sp³-hybridized carbons (Fsp3) is 0.474. The number of carbonyl (C=O) groups excluding carboxylic acids is 2. The van der Waals surface area contributed by atoms with Gasteiger partial charge in [0, 0.05) is 18.5 Å². The Labute approximate surface area is 178 Å². The predicted octanol–water partition coefficient (Wildman–Crippen LogP) is 1.18. The SMILES string of the molecule is COC(=O)C1=NC(C(F)(F)F)[N+]2=C1CN(C(=O)C[C@H](N)Cc1cc(F)c(F)cc1F)CC2. The van der Waals surface area contributed by atoms with Gasteiger partial charge in [0.1, 0.15) is 12.4 Å². The smallest absolute Gasteiger partial charge is 0.464 e. The summed E-state index contributed by atoms with van der Waals surface area (Å²) in [7, 11) is 0.999. The first-order chi connectivity index (χ1) is 14.9. The molecule has 13 heteroatoms. The van der Waals surface area contributed by atoms with E-state index in [-0.39, 0.29) is 43.8 Å². The highest BCUT2D eigenvalue weighted by molar-refractivity contribution is 6.65. The average Bonchev–Trinajstić information content (AvgIpc) is 3.10.